The van der Waals surface area contributed by atoms with Gasteiger partial charge in [0, 0.05) is 0 Å². The summed E-state index contributed by atoms with van der Waals surface area (Å²) in [6.07, 6.45) is 0.790. The number of aromatic nitrogens is 1. The number of nitrogens with zero attached hydrogens (tertiary/aromatic N) is 1. The predicted molar refractivity (Wildman–Crippen MR) is 64.6 cm³/mol. The number of nitrogen functional groups attached to an aromatic ring is 1. The van der Waals surface area contributed by atoms with Crippen LogP contribution in [0.2, 0.25) is 0 Å². The van der Waals surface area contributed by atoms with Crippen molar-refractivity contribution in [1.29, 1.82) is 0 Å². The molecular formula is C11H19N3O2. The maximum atomic E-state index is 9.28. The second-order valence-corrected chi connectivity index (χ2v) is 3.99. The van der Waals surface area contributed by atoms with E-state index < -0.39 is 0 Å². The molecule has 0 spiro atoms. The molecule has 0 saturated heterocycles. The Labute approximate surface area is 95.6 Å². The number of nitrogens with one attached hydrogen (secondary N) is 1. The van der Waals surface area contributed by atoms with E-state index in [0.29, 0.717) is 17.4 Å². The van der Waals surface area contributed by atoms with Gasteiger partial charge in [0.05, 0.1) is 24.9 Å². The molecule has 0 fully saturated rings. The number of anilines is 2. The fourth-order valence-electron chi connectivity index (χ4n) is 1.23. The minimum atomic E-state index is -0.381. The summed E-state index contributed by atoms with van der Waals surface area (Å²) in [5.74, 6) is 1.03. The first kappa shape index (κ1) is 12.6. The molecule has 0 saturated carbocycles. The van der Waals surface area contributed by atoms with Crippen LogP contribution in [0.3, 0.4) is 0 Å². The van der Waals surface area contributed by atoms with E-state index in [1.165, 1.54) is 7.11 Å². The molecule has 90 valence electrons. The summed E-state index contributed by atoms with van der Waals surface area (Å²) in [6, 6.07) is 3.49. The van der Waals surface area contributed by atoms with Gasteiger partial charge < -0.3 is 20.9 Å². The van der Waals surface area contributed by atoms with E-state index in [0.717, 1.165) is 6.42 Å². The Balaban J connectivity index is 2.89. The van der Waals surface area contributed by atoms with Gasteiger partial charge in [-0.25, -0.2) is 0 Å². The molecule has 1 heterocycles. The second kappa shape index (κ2) is 5.03. The van der Waals surface area contributed by atoms with Crippen LogP contribution in [0.4, 0.5) is 11.5 Å². The highest BCUT2D eigenvalue weighted by molar-refractivity contribution is 5.54. The molecule has 0 amide bonds. The van der Waals surface area contributed by atoms with Gasteiger partial charge >= 0.3 is 0 Å². The Morgan fingerprint density at radius 1 is 1.56 bits per heavy atom. The van der Waals surface area contributed by atoms with Crippen LogP contribution in [0.5, 0.6) is 5.88 Å². The van der Waals surface area contributed by atoms with Crippen LogP contribution < -0.4 is 15.8 Å². The Kier molecular flexibility index (Phi) is 3.95. The molecule has 0 aliphatic heterocycles. The first-order chi connectivity index (χ1) is 7.54. The molecule has 1 atom stereocenters. The first-order valence-corrected chi connectivity index (χ1v) is 5.24. The van der Waals surface area contributed by atoms with Crippen LogP contribution >= 0.6 is 0 Å². The van der Waals surface area contributed by atoms with Crippen LogP contribution in [0.15, 0.2) is 12.1 Å². The van der Waals surface area contributed by atoms with Crippen molar-refractivity contribution >= 4 is 11.5 Å². The molecule has 0 aliphatic rings. The van der Waals surface area contributed by atoms with Crippen molar-refractivity contribution in [2.75, 3.05) is 24.8 Å². The van der Waals surface area contributed by atoms with Crippen LogP contribution in [0.1, 0.15) is 20.3 Å². The largest absolute Gasteiger partial charge is 0.479 e. The fourth-order valence-corrected chi connectivity index (χ4v) is 1.23. The van der Waals surface area contributed by atoms with Crippen molar-refractivity contribution in [3.8, 4) is 5.88 Å². The lowest BCUT2D eigenvalue weighted by Gasteiger charge is -2.28. The fraction of sp³-hybridized carbons (Fsp3) is 0.545. The number of rotatable bonds is 5. The highest BCUT2D eigenvalue weighted by Gasteiger charge is 2.21. The van der Waals surface area contributed by atoms with Gasteiger partial charge in [0.2, 0.25) is 5.88 Å². The summed E-state index contributed by atoms with van der Waals surface area (Å²) < 4.78 is 5.03. The van der Waals surface area contributed by atoms with Gasteiger partial charge in [-0.1, -0.05) is 6.92 Å². The average molecular weight is 225 g/mol. The number of pyridine rings is 1. The molecule has 1 aromatic rings. The van der Waals surface area contributed by atoms with Crippen LogP contribution in [0, 0.1) is 0 Å². The lowest BCUT2D eigenvalue weighted by atomic mass is 10.0. The molecule has 0 aliphatic carbocycles. The molecule has 0 aromatic carbocycles. The molecule has 5 nitrogen and oxygen atoms in total. The van der Waals surface area contributed by atoms with E-state index >= 15 is 0 Å². The topological polar surface area (TPSA) is 80.4 Å². The first-order valence-electron chi connectivity index (χ1n) is 5.24. The minimum Gasteiger partial charge on any atom is -0.479 e. The van der Waals surface area contributed by atoms with Gasteiger partial charge in [-0.3, -0.25) is 0 Å². The smallest absolute Gasteiger partial charge is 0.238 e. The van der Waals surface area contributed by atoms with Crippen molar-refractivity contribution in [2.45, 2.75) is 25.8 Å². The summed E-state index contributed by atoms with van der Waals surface area (Å²) >= 11 is 0. The molecular weight excluding hydrogens is 206 g/mol. The third-order valence-electron chi connectivity index (χ3n) is 2.64. The van der Waals surface area contributed by atoms with E-state index in [2.05, 4.69) is 10.3 Å². The SMILES string of the molecule is CCC(C)(CO)Nc1ccc(N)c(OC)n1. The number of aliphatic hydroxyl groups excluding tert-OH is 1. The number of nitrogens with two attached hydrogens (primary N) is 1. The minimum absolute atomic E-state index is 0.0396. The van der Waals surface area contributed by atoms with Gasteiger partial charge in [-0.05, 0) is 25.5 Å². The molecule has 4 N–H and O–H groups in total. The zero-order chi connectivity index (χ0) is 12.2. The lowest BCUT2D eigenvalue weighted by Crippen LogP contribution is -2.38. The van der Waals surface area contributed by atoms with Gasteiger partial charge in [0.15, 0.2) is 0 Å². The Bertz CT molecular complexity index is 351. The van der Waals surface area contributed by atoms with Crippen molar-refractivity contribution in [2.24, 2.45) is 0 Å². The summed E-state index contributed by atoms with van der Waals surface area (Å²) in [4.78, 5) is 4.20. The Morgan fingerprint density at radius 2 is 2.25 bits per heavy atom. The summed E-state index contributed by atoms with van der Waals surface area (Å²) in [7, 11) is 1.52. The maximum Gasteiger partial charge on any atom is 0.238 e. The molecule has 0 radical (unpaired) electrons. The highest BCUT2D eigenvalue weighted by atomic mass is 16.5. The van der Waals surface area contributed by atoms with E-state index in [9.17, 15) is 5.11 Å². The van der Waals surface area contributed by atoms with Gasteiger partial charge in [0.25, 0.3) is 0 Å². The van der Waals surface area contributed by atoms with Crippen molar-refractivity contribution in [3.63, 3.8) is 0 Å². The van der Waals surface area contributed by atoms with Crippen molar-refractivity contribution in [1.82, 2.24) is 4.98 Å². The van der Waals surface area contributed by atoms with E-state index in [4.69, 9.17) is 10.5 Å². The predicted octanol–water partition coefficient (Wildman–Crippen LogP) is 1.25. The normalized spacial score (nSPS) is 14.2. The third-order valence-corrected chi connectivity index (χ3v) is 2.64. The highest BCUT2D eigenvalue weighted by Crippen LogP contribution is 2.23. The van der Waals surface area contributed by atoms with Gasteiger partial charge in [-0.15, -0.1) is 0 Å². The summed E-state index contributed by atoms with van der Waals surface area (Å²) in [6.45, 7) is 3.97. The Hall–Kier alpha value is -1.49. The lowest BCUT2D eigenvalue weighted by molar-refractivity contribution is 0.218. The zero-order valence-electron chi connectivity index (χ0n) is 9.95. The standard InChI is InChI=1S/C11H19N3O2/c1-4-11(2,7-15)14-9-6-5-8(12)10(13-9)16-3/h5-6,15H,4,7,12H2,1-3H3,(H,13,14). The van der Waals surface area contributed by atoms with Crippen LogP contribution in [0.25, 0.3) is 0 Å². The molecule has 1 aromatic heterocycles. The number of hydrogen-bond acceptors (Lipinski definition) is 5. The van der Waals surface area contributed by atoms with E-state index in [-0.39, 0.29) is 12.1 Å². The number of hydrogen-bond donors (Lipinski definition) is 3. The molecule has 1 rings (SSSR count). The molecule has 5 heteroatoms. The summed E-state index contributed by atoms with van der Waals surface area (Å²) in [5.41, 5.74) is 5.78. The van der Waals surface area contributed by atoms with E-state index in [1.54, 1.807) is 12.1 Å². The second-order valence-electron chi connectivity index (χ2n) is 3.99. The molecule has 16 heavy (non-hydrogen) atoms. The van der Waals surface area contributed by atoms with Crippen molar-refractivity contribution < 1.29 is 9.84 Å². The maximum absolute atomic E-state index is 9.28. The Morgan fingerprint density at radius 3 is 2.75 bits per heavy atom. The quantitative estimate of drug-likeness (QED) is 0.702. The molecule has 1 unspecified atom stereocenters. The average Bonchev–Trinajstić information content (AvgIpc) is 2.31. The molecule has 0 bridgehead atoms. The number of ether oxygens (including phenoxy) is 1. The number of aliphatic hydroxyl groups is 1. The summed E-state index contributed by atoms with van der Waals surface area (Å²) in [5, 5.41) is 12.4. The zero-order valence-corrected chi connectivity index (χ0v) is 9.95. The van der Waals surface area contributed by atoms with Gasteiger partial charge in [-0.2, -0.15) is 4.98 Å². The number of methoxy groups -OCH3 is 1. The monoisotopic (exact) mass is 225 g/mol. The van der Waals surface area contributed by atoms with E-state index in [1.807, 2.05) is 13.8 Å². The van der Waals surface area contributed by atoms with Gasteiger partial charge in [0.1, 0.15) is 5.82 Å². The third kappa shape index (κ3) is 2.76. The van der Waals surface area contributed by atoms with Crippen LogP contribution in [-0.2, 0) is 0 Å². The van der Waals surface area contributed by atoms with Crippen molar-refractivity contribution in [3.05, 3.63) is 12.1 Å². The van der Waals surface area contributed by atoms with Crippen LogP contribution in [-0.4, -0.2) is 29.3 Å².